The van der Waals surface area contributed by atoms with Crippen LogP contribution in [0.25, 0.3) is 89.6 Å². The van der Waals surface area contributed by atoms with Crippen molar-refractivity contribution in [2.75, 3.05) is 5.32 Å². The first-order valence-electron chi connectivity index (χ1n) is 19.7. The summed E-state index contributed by atoms with van der Waals surface area (Å²) in [4.78, 5) is 0. The van der Waals surface area contributed by atoms with Crippen molar-refractivity contribution < 1.29 is 4.42 Å². The first-order chi connectivity index (χ1) is 28.3. The number of benzene rings is 7. The molecule has 1 aliphatic heterocycles. The molecule has 11 rings (SSSR count). The van der Waals surface area contributed by atoms with Gasteiger partial charge in [-0.2, -0.15) is 0 Å². The zero-order chi connectivity index (χ0) is 37.7. The first kappa shape index (κ1) is 33.0. The summed E-state index contributed by atoms with van der Waals surface area (Å²) in [5, 5.41) is 7.17. The third kappa shape index (κ3) is 5.67. The Morgan fingerprint density at radius 3 is 2.11 bits per heavy atom. The second kappa shape index (κ2) is 13.7. The summed E-state index contributed by atoms with van der Waals surface area (Å²) in [5.74, 6) is 0. The van der Waals surface area contributed by atoms with Crippen LogP contribution >= 0.6 is 0 Å². The lowest BCUT2D eigenvalue weighted by Crippen LogP contribution is -2.02. The molecule has 0 saturated carbocycles. The number of allylic oxidation sites excluding steroid dienone is 5. The van der Waals surface area contributed by atoms with Crippen molar-refractivity contribution in [3.8, 4) is 39.1 Å². The van der Waals surface area contributed by atoms with E-state index >= 15 is 0 Å². The summed E-state index contributed by atoms with van der Waals surface area (Å²) in [6.07, 6.45) is 17.5. The van der Waals surface area contributed by atoms with Crippen molar-refractivity contribution in [3.63, 3.8) is 0 Å². The van der Waals surface area contributed by atoms with Crippen molar-refractivity contribution >= 4 is 56.3 Å². The van der Waals surface area contributed by atoms with E-state index in [0.717, 1.165) is 73.9 Å². The summed E-state index contributed by atoms with van der Waals surface area (Å²) in [5.41, 5.74) is 18.2. The van der Waals surface area contributed by atoms with Crippen molar-refractivity contribution in [1.29, 1.82) is 0 Å². The second-order valence-electron chi connectivity index (χ2n) is 14.8. The van der Waals surface area contributed by atoms with Gasteiger partial charge in [-0.1, -0.05) is 152 Å². The quantitative estimate of drug-likeness (QED) is 0.195. The molecule has 7 aromatic carbocycles. The number of hydrogen-bond donors (Lipinski definition) is 1. The van der Waals surface area contributed by atoms with E-state index in [0.29, 0.717) is 0 Å². The van der Waals surface area contributed by atoms with E-state index < -0.39 is 0 Å². The molecule has 3 heteroatoms. The maximum Gasteiger partial charge on any atom is 0.143 e. The molecule has 0 amide bonds. The van der Waals surface area contributed by atoms with Gasteiger partial charge in [-0.15, -0.1) is 0 Å². The van der Waals surface area contributed by atoms with Gasteiger partial charge in [-0.3, -0.25) is 0 Å². The Morgan fingerprint density at radius 2 is 1.25 bits per heavy atom. The van der Waals surface area contributed by atoms with Gasteiger partial charge in [-0.25, -0.2) is 0 Å². The largest absolute Gasteiger partial charge is 0.455 e. The van der Waals surface area contributed by atoms with E-state index in [9.17, 15) is 0 Å². The lowest BCUT2D eigenvalue weighted by atomic mass is 9.92. The highest BCUT2D eigenvalue weighted by Crippen LogP contribution is 2.41. The minimum atomic E-state index is 0.883. The molecule has 0 spiro atoms. The summed E-state index contributed by atoms with van der Waals surface area (Å²) < 4.78 is 9.25. The van der Waals surface area contributed by atoms with Gasteiger partial charge in [0.05, 0.1) is 5.52 Å². The van der Waals surface area contributed by atoms with Gasteiger partial charge in [0.15, 0.2) is 0 Å². The van der Waals surface area contributed by atoms with Crippen LogP contribution in [0.2, 0.25) is 0 Å². The van der Waals surface area contributed by atoms with Gasteiger partial charge >= 0.3 is 0 Å². The van der Waals surface area contributed by atoms with E-state index in [-0.39, 0.29) is 0 Å². The molecule has 0 fully saturated rings. The smallest absolute Gasteiger partial charge is 0.143 e. The minimum absolute atomic E-state index is 0.883. The van der Waals surface area contributed by atoms with Crippen LogP contribution in [0.5, 0.6) is 0 Å². The van der Waals surface area contributed by atoms with E-state index in [1.807, 2.05) is 12.3 Å². The average Bonchev–Trinajstić information content (AvgIpc) is 3.82. The number of rotatable bonds is 4. The zero-order valence-corrected chi connectivity index (χ0v) is 31.3. The number of anilines is 1. The number of furan rings is 1. The van der Waals surface area contributed by atoms with Gasteiger partial charge in [0.1, 0.15) is 11.2 Å². The van der Waals surface area contributed by atoms with Gasteiger partial charge < -0.3 is 14.3 Å². The van der Waals surface area contributed by atoms with Crippen LogP contribution in [0.15, 0.2) is 193 Å². The number of para-hydroxylation sites is 4. The average molecular weight is 731 g/mol. The molecule has 3 nitrogen and oxygen atoms in total. The van der Waals surface area contributed by atoms with Crippen LogP contribution in [0.4, 0.5) is 5.69 Å². The van der Waals surface area contributed by atoms with Gasteiger partial charge in [0.2, 0.25) is 0 Å². The van der Waals surface area contributed by atoms with Crippen molar-refractivity contribution in [3.05, 3.63) is 211 Å². The molecule has 0 bridgehead atoms. The van der Waals surface area contributed by atoms with E-state index in [1.165, 1.54) is 44.5 Å². The Balaban J connectivity index is 1.02. The molecule has 9 aromatic rings. The number of hydrogen-bond acceptors (Lipinski definition) is 2. The predicted octanol–water partition coefficient (Wildman–Crippen LogP) is 14.5. The number of nitrogens with one attached hydrogen (secondary N) is 1. The predicted molar refractivity (Wildman–Crippen MR) is 240 cm³/mol. The van der Waals surface area contributed by atoms with Gasteiger partial charge in [-0.05, 0) is 88.7 Å². The second-order valence-corrected chi connectivity index (χ2v) is 14.8. The highest BCUT2D eigenvalue weighted by atomic mass is 16.3. The summed E-state index contributed by atoms with van der Waals surface area (Å²) >= 11 is 0. The van der Waals surface area contributed by atoms with Crippen LogP contribution in [0.1, 0.15) is 28.8 Å². The Hall–Kier alpha value is -7.36. The maximum absolute atomic E-state index is 6.80. The van der Waals surface area contributed by atoms with Crippen LogP contribution < -0.4 is 5.32 Å². The topological polar surface area (TPSA) is 30.1 Å². The Kier molecular flexibility index (Phi) is 7.96. The molecular formula is C54H38N2O. The fourth-order valence-electron chi connectivity index (χ4n) is 8.84. The van der Waals surface area contributed by atoms with E-state index in [2.05, 4.69) is 198 Å². The van der Waals surface area contributed by atoms with Crippen molar-refractivity contribution in [2.24, 2.45) is 0 Å². The fraction of sp³-hybridized carbons (Fsp3) is 0.0370. The highest BCUT2D eigenvalue weighted by molar-refractivity contribution is 6.12. The number of fused-ring (bicyclic) bond motifs is 9. The molecule has 0 radical (unpaired) electrons. The third-order valence-electron chi connectivity index (χ3n) is 11.5. The maximum atomic E-state index is 6.80. The molecule has 2 aliphatic rings. The lowest BCUT2D eigenvalue weighted by Gasteiger charge is -2.14. The normalized spacial score (nSPS) is 15.5. The molecule has 57 heavy (non-hydrogen) atoms. The van der Waals surface area contributed by atoms with E-state index in [1.54, 1.807) is 0 Å². The van der Waals surface area contributed by atoms with Gasteiger partial charge in [0.25, 0.3) is 0 Å². The lowest BCUT2D eigenvalue weighted by molar-refractivity contribution is 0.669. The van der Waals surface area contributed by atoms with Crippen LogP contribution in [0.3, 0.4) is 0 Å². The van der Waals surface area contributed by atoms with Crippen molar-refractivity contribution in [2.45, 2.75) is 12.8 Å². The van der Waals surface area contributed by atoms with E-state index in [4.69, 9.17) is 4.42 Å². The molecule has 1 N–H and O–H groups in total. The molecule has 0 unspecified atom stereocenters. The number of aromatic nitrogens is 1. The molecule has 2 aromatic heterocycles. The Bertz CT molecular complexity index is 3130. The van der Waals surface area contributed by atoms with Crippen LogP contribution in [0, 0.1) is 0 Å². The Labute approximate surface area is 331 Å². The fourth-order valence-corrected chi connectivity index (χ4v) is 8.84. The molecule has 3 heterocycles. The van der Waals surface area contributed by atoms with Crippen LogP contribution in [-0.2, 0) is 6.42 Å². The molecule has 270 valence electrons. The SMILES string of the molecule is C1=Cc2c(n(-c3ccccc3)c3ccc(-c4ccc5c(c4)-c4ccccc4N/C=C/C(c4cccc6c4oc4c(-c7ccccc7)cccc46)=C\C=C/5)cc23)CC1. The van der Waals surface area contributed by atoms with Gasteiger partial charge in [0, 0.05) is 61.7 Å². The summed E-state index contributed by atoms with van der Waals surface area (Å²) in [6, 6.07) is 56.5. The van der Waals surface area contributed by atoms with Crippen molar-refractivity contribution in [1.82, 2.24) is 4.57 Å². The molecular weight excluding hydrogens is 693 g/mol. The molecule has 0 saturated heterocycles. The first-order valence-corrected chi connectivity index (χ1v) is 19.7. The highest BCUT2D eigenvalue weighted by Gasteiger charge is 2.20. The third-order valence-corrected chi connectivity index (χ3v) is 11.5. The molecule has 1 aliphatic carbocycles. The zero-order valence-electron chi connectivity index (χ0n) is 31.3. The van der Waals surface area contributed by atoms with Crippen LogP contribution in [-0.4, -0.2) is 4.57 Å². The minimum Gasteiger partial charge on any atom is -0.455 e. The molecule has 0 atom stereocenters. The standard InChI is InChI=1S/C54H38N2O/c1-3-14-36(15-4-1)42-22-12-24-46-47-25-13-23-43(54(47)57-53(42)46)38-17-11-16-37-28-29-39(34-48(37)44-20-7-9-26-50(44)55-33-32-38)40-30-31-52-49(35-40)45-21-8-10-27-51(45)56(52)41-18-5-2-6-19-41/h1-9,11-26,28-35,55H,10,27H2/b16-11-,33-32+,38-17+. The Morgan fingerprint density at radius 1 is 0.526 bits per heavy atom. The number of nitrogens with zero attached hydrogens (tertiary/aromatic N) is 1. The summed E-state index contributed by atoms with van der Waals surface area (Å²) in [6.45, 7) is 0. The monoisotopic (exact) mass is 730 g/mol. The summed E-state index contributed by atoms with van der Waals surface area (Å²) in [7, 11) is 0.